The molecule has 0 saturated heterocycles. The van der Waals surface area contributed by atoms with Crippen LogP contribution in [0.5, 0.6) is 0 Å². The minimum absolute atomic E-state index is 0.262. The zero-order valence-corrected chi connectivity index (χ0v) is 11.9. The summed E-state index contributed by atoms with van der Waals surface area (Å²) in [6.45, 7) is 4.25. The number of rotatable bonds is 2. The third-order valence-electron chi connectivity index (χ3n) is 3.52. The van der Waals surface area contributed by atoms with Crippen LogP contribution in [0.3, 0.4) is 0 Å². The average Bonchev–Trinajstić information content (AvgIpc) is 2.48. The lowest BCUT2D eigenvalue weighted by Crippen LogP contribution is -2.09. The molecule has 0 bridgehead atoms. The Bertz CT molecular complexity index is 851. The first-order valence-electron chi connectivity index (χ1n) is 6.84. The second kappa shape index (κ2) is 5.13. The molecule has 0 aliphatic heterocycles. The lowest BCUT2D eigenvalue weighted by Gasteiger charge is -2.07. The number of halogens is 1. The fourth-order valence-electron chi connectivity index (χ4n) is 2.27. The predicted octanol–water partition coefficient (Wildman–Crippen LogP) is 3.85. The molecule has 0 spiro atoms. The Morgan fingerprint density at radius 3 is 2.48 bits per heavy atom. The number of nitrogens with zero attached hydrogens (tertiary/aromatic N) is 1. The second-order valence-corrected chi connectivity index (χ2v) is 5.35. The quantitative estimate of drug-likeness (QED) is 0.776. The summed E-state index contributed by atoms with van der Waals surface area (Å²) in [6.07, 6.45) is 0. The van der Waals surface area contributed by atoms with E-state index in [4.69, 9.17) is 0 Å². The number of benzene rings is 2. The summed E-state index contributed by atoms with van der Waals surface area (Å²) >= 11 is 0. The highest BCUT2D eigenvalue weighted by atomic mass is 19.1. The van der Waals surface area contributed by atoms with Crippen LogP contribution in [0.4, 0.5) is 4.39 Å². The van der Waals surface area contributed by atoms with Crippen LogP contribution in [0.2, 0.25) is 0 Å². The van der Waals surface area contributed by atoms with E-state index < -0.39 is 5.82 Å². The summed E-state index contributed by atoms with van der Waals surface area (Å²) in [5.41, 5.74) is 2.22. The van der Waals surface area contributed by atoms with E-state index in [2.05, 4.69) is 23.8 Å². The Morgan fingerprint density at radius 1 is 1.10 bits per heavy atom. The molecule has 0 unspecified atom stereocenters. The number of fused-ring (bicyclic) bond motifs is 1. The molecular weight excluding hydrogens is 267 g/mol. The number of aromatic nitrogens is 2. The fourth-order valence-corrected chi connectivity index (χ4v) is 2.27. The molecule has 0 atom stereocenters. The van der Waals surface area contributed by atoms with Gasteiger partial charge in [-0.3, -0.25) is 4.79 Å². The molecule has 3 rings (SSSR count). The minimum Gasteiger partial charge on any atom is -0.306 e. The number of hydrogen-bond acceptors (Lipinski definition) is 2. The van der Waals surface area contributed by atoms with Crippen LogP contribution in [0.1, 0.15) is 25.3 Å². The molecule has 0 fully saturated rings. The van der Waals surface area contributed by atoms with Gasteiger partial charge in [-0.25, -0.2) is 9.37 Å². The number of nitrogens with one attached hydrogen (secondary N) is 1. The van der Waals surface area contributed by atoms with E-state index in [1.807, 2.05) is 24.3 Å². The van der Waals surface area contributed by atoms with Crippen molar-refractivity contribution < 1.29 is 4.39 Å². The molecule has 21 heavy (non-hydrogen) atoms. The second-order valence-electron chi connectivity index (χ2n) is 5.35. The maximum absolute atomic E-state index is 13.2. The van der Waals surface area contributed by atoms with Gasteiger partial charge in [-0.05, 0) is 29.7 Å². The molecule has 3 nitrogen and oxygen atoms in total. The Balaban J connectivity index is 2.12. The summed E-state index contributed by atoms with van der Waals surface area (Å²) in [6, 6.07) is 11.9. The van der Waals surface area contributed by atoms with Gasteiger partial charge in [0.05, 0.1) is 10.9 Å². The highest BCUT2D eigenvalue weighted by Gasteiger charge is 2.07. The van der Waals surface area contributed by atoms with Gasteiger partial charge in [0.15, 0.2) is 0 Å². The molecule has 1 N–H and O–H groups in total. The zero-order chi connectivity index (χ0) is 15.0. The summed E-state index contributed by atoms with van der Waals surface area (Å²) in [5, 5.41) is 0.262. The first-order valence-corrected chi connectivity index (χ1v) is 6.84. The highest BCUT2D eigenvalue weighted by molar-refractivity contribution is 5.79. The molecule has 0 saturated carbocycles. The van der Waals surface area contributed by atoms with E-state index >= 15 is 0 Å². The van der Waals surface area contributed by atoms with Crippen molar-refractivity contribution in [2.24, 2.45) is 0 Å². The zero-order valence-electron chi connectivity index (χ0n) is 11.9. The SMILES string of the molecule is CC(C)c1ccc(-c2nc3ccc(F)cc3c(=O)[nH]2)cc1. The monoisotopic (exact) mass is 282 g/mol. The molecule has 0 radical (unpaired) electrons. The van der Waals surface area contributed by atoms with Crippen LogP contribution in [0, 0.1) is 5.82 Å². The normalized spacial score (nSPS) is 11.2. The lowest BCUT2D eigenvalue weighted by atomic mass is 10.0. The summed E-state index contributed by atoms with van der Waals surface area (Å²) in [4.78, 5) is 19.1. The largest absolute Gasteiger partial charge is 0.306 e. The van der Waals surface area contributed by atoms with Crippen molar-refractivity contribution in [1.29, 1.82) is 0 Å². The Morgan fingerprint density at radius 2 is 1.81 bits per heavy atom. The van der Waals surface area contributed by atoms with E-state index in [1.165, 1.54) is 23.8 Å². The highest BCUT2D eigenvalue weighted by Crippen LogP contribution is 2.20. The van der Waals surface area contributed by atoms with E-state index in [9.17, 15) is 9.18 Å². The molecule has 0 aliphatic rings. The van der Waals surface area contributed by atoms with Crippen LogP contribution >= 0.6 is 0 Å². The van der Waals surface area contributed by atoms with Crippen LogP contribution in [-0.2, 0) is 0 Å². The molecule has 4 heteroatoms. The van der Waals surface area contributed by atoms with Gasteiger partial charge in [0.25, 0.3) is 5.56 Å². The van der Waals surface area contributed by atoms with Gasteiger partial charge in [0, 0.05) is 5.56 Å². The van der Waals surface area contributed by atoms with E-state index in [0.717, 1.165) is 5.56 Å². The van der Waals surface area contributed by atoms with Gasteiger partial charge in [-0.2, -0.15) is 0 Å². The van der Waals surface area contributed by atoms with Crippen molar-refractivity contribution in [1.82, 2.24) is 9.97 Å². The predicted molar refractivity (Wildman–Crippen MR) is 81.8 cm³/mol. The van der Waals surface area contributed by atoms with Gasteiger partial charge in [-0.1, -0.05) is 38.1 Å². The van der Waals surface area contributed by atoms with Crippen molar-refractivity contribution in [3.05, 3.63) is 64.2 Å². The number of hydrogen-bond donors (Lipinski definition) is 1. The Kier molecular flexibility index (Phi) is 3.29. The third kappa shape index (κ3) is 2.57. The van der Waals surface area contributed by atoms with Gasteiger partial charge >= 0.3 is 0 Å². The number of H-pyrrole nitrogens is 1. The average molecular weight is 282 g/mol. The molecular formula is C17H15FN2O. The van der Waals surface area contributed by atoms with Gasteiger partial charge in [0.2, 0.25) is 0 Å². The van der Waals surface area contributed by atoms with Gasteiger partial charge < -0.3 is 4.98 Å². The maximum Gasteiger partial charge on any atom is 0.259 e. The summed E-state index contributed by atoms with van der Waals surface area (Å²) in [5.74, 6) is 0.504. The maximum atomic E-state index is 13.2. The van der Waals surface area contributed by atoms with Crippen LogP contribution in [0.25, 0.3) is 22.3 Å². The topological polar surface area (TPSA) is 45.8 Å². The van der Waals surface area contributed by atoms with Crippen molar-refractivity contribution >= 4 is 10.9 Å². The standard InChI is InChI=1S/C17H15FN2O/c1-10(2)11-3-5-12(6-4-11)16-19-15-8-7-13(18)9-14(15)17(21)20-16/h3-10H,1-2H3,(H,19,20,21). The summed E-state index contributed by atoms with van der Waals surface area (Å²) in [7, 11) is 0. The van der Waals surface area contributed by atoms with Crippen LogP contribution < -0.4 is 5.56 Å². The fraction of sp³-hybridized carbons (Fsp3) is 0.176. The van der Waals surface area contributed by atoms with Crippen LogP contribution in [-0.4, -0.2) is 9.97 Å². The number of aromatic amines is 1. The molecule has 0 aliphatic carbocycles. The third-order valence-corrected chi connectivity index (χ3v) is 3.52. The first kappa shape index (κ1) is 13.5. The van der Waals surface area contributed by atoms with Gasteiger partial charge in [0.1, 0.15) is 11.6 Å². The molecule has 3 aromatic rings. The molecule has 0 amide bonds. The molecule has 1 aromatic heterocycles. The first-order chi connectivity index (χ1) is 10.0. The van der Waals surface area contributed by atoms with Crippen LogP contribution in [0.15, 0.2) is 47.3 Å². The van der Waals surface area contributed by atoms with Crippen molar-refractivity contribution in [2.45, 2.75) is 19.8 Å². The smallest absolute Gasteiger partial charge is 0.259 e. The van der Waals surface area contributed by atoms with Gasteiger partial charge in [-0.15, -0.1) is 0 Å². The molecule has 2 aromatic carbocycles. The van der Waals surface area contributed by atoms with Crippen molar-refractivity contribution in [2.75, 3.05) is 0 Å². The Labute approximate surface area is 121 Å². The van der Waals surface area contributed by atoms with E-state index in [-0.39, 0.29) is 10.9 Å². The Hall–Kier alpha value is -2.49. The minimum atomic E-state index is -0.441. The van der Waals surface area contributed by atoms with Crippen molar-refractivity contribution in [3.63, 3.8) is 0 Å². The van der Waals surface area contributed by atoms with E-state index in [0.29, 0.717) is 17.3 Å². The molecule has 106 valence electrons. The lowest BCUT2D eigenvalue weighted by molar-refractivity contribution is 0.629. The van der Waals surface area contributed by atoms with Crippen molar-refractivity contribution in [3.8, 4) is 11.4 Å². The summed E-state index contributed by atoms with van der Waals surface area (Å²) < 4.78 is 13.2. The van der Waals surface area contributed by atoms with E-state index in [1.54, 1.807) is 0 Å². The molecule has 1 heterocycles.